The van der Waals surface area contributed by atoms with Crippen LogP contribution in [0.4, 0.5) is 0 Å². The Labute approximate surface area is 159 Å². The van der Waals surface area contributed by atoms with Gasteiger partial charge < -0.3 is 30.3 Å². The van der Waals surface area contributed by atoms with Gasteiger partial charge in [-0.25, -0.2) is 0 Å². The van der Waals surface area contributed by atoms with Crippen LogP contribution in [-0.2, 0) is 4.74 Å². The lowest BCUT2D eigenvalue weighted by atomic mass is 9.89. The first kappa shape index (κ1) is 19.7. The van der Waals surface area contributed by atoms with E-state index in [2.05, 4.69) is 0 Å². The molecule has 0 spiro atoms. The predicted molar refractivity (Wildman–Crippen MR) is 97.3 cm³/mol. The van der Waals surface area contributed by atoms with Crippen LogP contribution in [0.25, 0.3) is 0 Å². The summed E-state index contributed by atoms with van der Waals surface area (Å²) in [7, 11) is 0. The molecule has 1 aliphatic heterocycles. The number of aliphatic hydroxyl groups excluding tert-OH is 5. The Hall–Kier alpha value is -1.03. The molecule has 142 valence electrons. The molecule has 6 atom stereocenters. The van der Waals surface area contributed by atoms with Crippen molar-refractivity contribution in [1.29, 1.82) is 0 Å². The Morgan fingerprint density at radius 1 is 1.12 bits per heavy atom. The Morgan fingerprint density at radius 3 is 2.46 bits per heavy atom. The smallest absolute Gasteiger partial charge is 0.114 e. The van der Waals surface area contributed by atoms with Crippen molar-refractivity contribution in [2.75, 3.05) is 6.61 Å². The molecule has 1 saturated heterocycles. The minimum atomic E-state index is -1.45. The first-order valence-electron chi connectivity index (χ1n) is 8.17. The van der Waals surface area contributed by atoms with E-state index in [9.17, 15) is 25.5 Å². The normalized spacial score (nSPS) is 30.3. The molecule has 1 aliphatic rings. The molecule has 1 aromatic heterocycles. The Bertz CT molecular complexity index is 764. The third kappa shape index (κ3) is 3.67. The van der Waals surface area contributed by atoms with E-state index in [-0.39, 0.29) is 0 Å². The molecule has 1 unspecified atom stereocenters. The maximum absolute atomic E-state index is 10.7. The SMILES string of the molecule is Cc1ccc([C@@H]2O[C@H](CO)[C@@H](O)[C@H](O)[C@H]2O)cc1C(O)c1ccc(Cl)s1. The quantitative estimate of drug-likeness (QED) is 0.529. The number of halogens is 1. The maximum atomic E-state index is 10.7. The van der Waals surface area contributed by atoms with E-state index >= 15 is 0 Å². The molecule has 0 bridgehead atoms. The van der Waals surface area contributed by atoms with Crippen molar-refractivity contribution in [1.82, 2.24) is 0 Å². The standard InChI is InChI=1S/C18H21ClO6S/c1-8-2-3-9(6-10(8)14(21)12-4-5-13(19)26-12)18-17(24)16(23)15(22)11(7-20)25-18/h2-6,11,14-18,20-24H,7H2,1H3/t11-,14?,15-,16+,17-,18+/m1/s1. The van der Waals surface area contributed by atoms with Crippen LogP contribution in [-0.4, -0.2) is 56.6 Å². The minimum Gasteiger partial charge on any atom is -0.394 e. The van der Waals surface area contributed by atoms with Gasteiger partial charge in [0.1, 0.15) is 36.6 Å². The van der Waals surface area contributed by atoms with Crippen molar-refractivity contribution in [2.45, 2.75) is 43.5 Å². The van der Waals surface area contributed by atoms with Gasteiger partial charge in [-0.1, -0.05) is 23.7 Å². The second kappa shape index (κ2) is 7.92. The number of aryl methyl sites for hydroxylation is 1. The summed E-state index contributed by atoms with van der Waals surface area (Å²) in [5.41, 5.74) is 2.00. The lowest BCUT2D eigenvalue weighted by molar-refractivity contribution is -0.231. The summed E-state index contributed by atoms with van der Waals surface area (Å²) < 4.78 is 6.16. The van der Waals surface area contributed by atoms with Gasteiger partial charge in [-0.3, -0.25) is 0 Å². The fourth-order valence-electron chi connectivity index (χ4n) is 3.14. The summed E-state index contributed by atoms with van der Waals surface area (Å²) in [5, 5.41) is 50.2. The second-order valence-corrected chi connectivity index (χ2v) is 8.16. The molecule has 6 nitrogen and oxygen atoms in total. The van der Waals surface area contributed by atoms with Crippen molar-refractivity contribution < 1.29 is 30.3 Å². The van der Waals surface area contributed by atoms with E-state index in [4.69, 9.17) is 16.3 Å². The highest BCUT2D eigenvalue weighted by Gasteiger charge is 2.44. The van der Waals surface area contributed by atoms with Gasteiger partial charge in [0.2, 0.25) is 0 Å². The van der Waals surface area contributed by atoms with Gasteiger partial charge in [-0.15, -0.1) is 11.3 Å². The van der Waals surface area contributed by atoms with Gasteiger partial charge >= 0.3 is 0 Å². The van der Waals surface area contributed by atoms with Gasteiger partial charge in [0.15, 0.2) is 0 Å². The molecule has 0 saturated carbocycles. The second-order valence-electron chi connectivity index (χ2n) is 6.41. The van der Waals surface area contributed by atoms with Gasteiger partial charge in [-0.2, -0.15) is 0 Å². The van der Waals surface area contributed by atoms with Crippen LogP contribution in [0.5, 0.6) is 0 Å². The average molecular weight is 401 g/mol. The van der Waals surface area contributed by atoms with Gasteiger partial charge in [0, 0.05) is 4.88 Å². The molecule has 2 aromatic rings. The number of hydrogen-bond donors (Lipinski definition) is 5. The van der Waals surface area contributed by atoms with Crippen molar-refractivity contribution in [3.8, 4) is 0 Å². The molecule has 26 heavy (non-hydrogen) atoms. The summed E-state index contributed by atoms with van der Waals surface area (Å²) in [6.07, 6.45) is -7.03. The third-order valence-corrected chi connectivity index (χ3v) is 5.97. The monoisotopic (exact) mass is 400 g/mol. The lowest BCUT2D eigenvalue weighted by Gasteiger charge is -2.40. The number of thiophene rings is 1. The van der Waals surface area contributed by atoms with Gasteiger partial charge in [0.25, 0.3) is 0 Å². The Balaban J connectivity index is 1.94. The molecule has 0 amide bonds. The molecule has 2 heterocycles. The van der Waals surface area contributed by atoms with Crippen LogP contribution in [0.3, 0.4) is 0 Å². The average Bonchev–Trinajstić information content (AvgIpc) is 3.06. The lowest BCUT2D eigenvalue weighted by Crippen LogP contribution is -2.55. The zero-order chi connectivity index (χ0) is 19.0. The van der Waals surface area contributed by atoms with Crippen molar-refractivity contribution in [2.24, 2.45) is 0 Å². The number of ether oxygens (including phenoxy) is 1. The fourth-order valence-corrected chi connectivity index (χ4v) is 4.20. The zero-order valence-corrected chi connectivity index (χ0v) is 15.6. The van der Waals surface area contributed by atoms with E-state index < -0.39 is 43.2 Å². The summed E-state index contributed by atoms with van der Waals surface area (Å²) in [6, 6.07) is 8.66. The van der Waals surface area contributed by atoms with E-state index in [1.165, 1.54) is 11.3 Å². The number of rotatable bonds is 4. The first-order valence-corrected chi connectivity index (χ1v) is 9.37. The Morgan fingerprint density at radius 2 is 1.85 bits per heavy atom. The predicted octanol–water partition coefficient (Wildman–Crippen LogP) is 1.31. The molecular weight excluding hydrogens is 380 g/mol. The minimum absolute atomic E-state index is 0.490. The molecule has 0 aliphatic carbocycles. The number of hydrogen-bond acceptors (Lipinski definition) is 7. The number of aliphatic hydroxyl groups is 5. The van der Waals surface area contributed by atoms with Crippen molar-refractivity contribution in [3.63, 3.8) is 0 Å². The first-order chi connectivity index (χ1) is 12.3. The van der Waals surface area contributed by atoms with Gasteiger partial charge in [-0.05, 0) is 41.8 Å². The maximum Gasteiger partial charge on any atom is 0.114 e. The van der Waals surface area contributed by atoms with Crippen LogP contribution in [0.1, 0.15) is 33.8 Å². The zero-order valence-electron chi connectivity index (χ0n) is 14.0. The highest BCUT2D eigenvalue weighted by molar-refractivity contribution is 7.16. The third-order valence-electron chi connectivity index (χ3n) is 4.68. The van der Waals surface area contributed by atoms with Crippen molar-refractivity contribution >= 4 is 22.9 Å². The van der Waals surface area contributed by atoms with Crippen LogP contribution in [0.15, 0.2) is 30.3 Å². The van der Waals surface area contributed by atoms with Crippen LogP contribution in [0.2, 0.25) is 4.34 Å². The van der Waals surface area contributed by atoms with Gasteiger partial charge in [0.05, 0.1) is 10.9 Å². The molecule has 1 fully saturated rings. The fraction of sp³-hybridized carbons (Fsp3) is 0.444. The molecule has 8 heteroatoms. The van der Waals surface area contributed by atoms with Crippen LogP contribution >= 0.6 is 22.9 Å². The van der Waals surface area contributed by atoms with E-state index in [1.54, 1.807) is 30.3 Å². The van der Waals surface area contributed by atoms with Crippen LogP contribution < -0.4 is 0 Å². The molecule has 5 N–H and O–H groups in total. The molecule has 1 aromatic carbocycles. The summed E-state index contributed by atoms with van der Waals surface area (Å²) in [5.74, 6) is 0. The van der Waals surface area contributed by atoms with Crippen LogP contribution in [0, 0.1) is 6.92 Å². The summed E-state index contributed by atoms with van der Waals surface area (Å²) in [4.78, 5) is 0.684. The molecule has 3 rings (SSSR count). The largest absolute Gasteiger partial charge is 0.394 e. The topological polar surface area (TPSA) is 110 Å². The van der Waals surface area contributed by atoms with Crippen molar-refractivity contribution in [3.05, 3.63) is 56.2 Å². The number of benzene rings is 1. The molecule has 0 radical (unpaired) electrons. The highest BCUT2D eigenvalue weighted by atomic mass is 35.5. The summed E-state index contributed by atoms with van der Waals surface area (Å²) >= 11 is 7.22. The highest BCUT2D eigenvalue weighted by Crippen LogP contribution is 2.37. The van der Waals surface area contributed by atoms with E-state index in [0.29, 0.717) is 20.3 Å². The van der Waals surface area contributed by atoms with E-state index in [0.717, 1.165) is 5.56 Å². The summed E-state index contributed by atoms with van der Waals surface area (Å²) in [6.45, 7) is 1.36. The van der Waals surface area contributed by atoms with E-state index in [1.807, 2.05) is 6.92 Å². The Kier molecular flexibility index (Phi) is 6.01. The molecular formula is C18H21ClO6S.